The van der Waals surface area contributed by atoms with Crippen LogP contribution in [0.4, 0.5) is 0 Å². The van der Waals surface area contributed by atoms with Crippen LogP contribution in [0.25, 0.3) is 0 Å². The topological polar surface area (TPSA) is 15.3 Å². The quantitative estimate of drug-likeness (QED) is 0.874. The first kappa shape index (κ1) is 14.5. The number of likely N-dealkylation sites (N-methyl/N-ethyl adjacent to an activating group) is 1. The van der Waals surface area contributed by atoms with Crippen LogP contribution in [-0.4, -0.2) is 31.1 Å². The molecule has 1 unspecified atom stereocenters. The molecule has 2 heteroatoms. The maximum atomic E-state index is 3.20. The van der Waals surface area contributed by atoms with E-state index in [1.54, 1.807) is 0 Å². The Morgan fingerprint density at radius 1 is 1.11 bits per heavy atom. The summed E-state index contributed by atoms with van der Waals surface area (Å²) in [5.41, 5.74) is 2.89. The van der Waals surface area contributed by atoms with Gasteiger partial charge in [0, 0.05) is 12.6 Å². The average molecular weight is 260 g/mol. The molecule has 106 valence electrons. The summed E-state index contributed by atoms with van der Waals surface area (Å²) in [6.45, 7) is 5.82. The molecule has 1 aromatic carbocycles. The van der Waals surface area contributed by atoms with Gasteiger partial charge in [-0.15, -0.1) is 0 Å². The van der Waals surface area contributed by atoms with E-state index in [0.717, 1.165) is 25.6 Å². The third-order valence-corrected chi connectivity index (χ3v) is 4.26. The predicted molar refractivity (Wildman–Crippen MR) is 82.4 cm³/mol. The zero-order valence-electron chi connectivity index (χ0n) is 12.5. The summed E-state index contributed by atoms with van der Waals surface area (Å²) in [7, 11) is 2.01. The van der Waals surface area contributed by atoms with Crippen LogP contribution >= 0.6 is 0 Å². The molecule has 1 aromatic rings. The molecule has 19 heavy (non-hydrogen) atoms. The van der Waals surface area contributed by atoms with Crippen molar-refractivity contribution in [2.45, 2.75) is 51.6 Å². The van der Waals surface area contributed by atoms with Crippen molar-refractivity contribution in [1.82, 2.24) is 10.2 Å². The molecule has 0 bridgehead atoms. The van der Waals surface area contributed by atoms with E-state index in [1.807, 2.05) is 7.05 Å². The summed E-state index contributed by atoms with van der Waals surface area (Å²) < 4.78 is 0. The van der Waals surface area contributed by atoms with Gasteiger partial charge in [0.05, 0.1) is 0 Å². The standard InChI is InChI=1S/C17H28N2/c1-15-6-4-3-5-13-19(15)14-17-9-7-16(8-10-17)11-12-18-2/h7-10,15,18H,3-6,11-14H2,1-2H3. The first-order valence-corrected chi connectivity index (χ1v) is 7.76. The van der Waals surface area contributed by atoms with E-state index in [1.165, 1.54) is 43.4 Å². The van der Waals surface area contributed by atoms with Crippen molar-refractivity contribution in [2.24, 2.45) is 0 Å². The molecule has 1 saturated heterocycles. The highest BCUT2D eigenvalue weighted by molar-refractivity contribution is 5.22. The van der Waals surface area contributed by atoms with Gasteiger partial charge in [0.2, 0.25) is 0 Å². The summed E-state index contributed by atoms with van der Waals surface area (Å²) in [5, 5.41) is 3.20. The largest absolute Gasteiger partial charge is 0.319 e. The van der Waals surface area contributed by atoms with Gasteiger partial charge in [0.25, 0.3) is 0 Å². The van der Waals surface area contributed by atoms with Crippen LogP contribution in [0.2, 0.25) is 0 Å². The molecule has 1 heterocycles. The molecule has 0 spiro atoms. The smallest absolute Gasteiger partial charge is 0.0236 e. The molecule has 1 N–H and O–H groups in total. The summed E-state index contributed by atoms with van der Waals surface area (Å²) in [4.78, 5) is 2.65. The Hall–Kier alpha value is -0.860. The third-order valence-electron chi connectivity index (χ3n) is 4.26. The van der Waals surface area contributed by atoms with Crippen molar-refractivity contribution < 1.29 is 0 Å². The highest BCUT2D eigenvalue weighted by Crippen LogP contribution is 2.19. The zero-order chi connectivity index (χ0) is 13.5. The van der Waals surface area contributed by atoms with Crippen LogP contribution in [0.5, 0.6) is 0 Å². The van der Waals surface area contributed by atoms with Crippen LogP contribution in [-0.2, 0) is 13.0 Å². The van der Waals surface area contributed by atoms with Gasteiger partial charge in [-0.1, -0.05) is 37.1 Å². The highest BCUT2D eigenvalue weighted by Gasteiger charge is 2.16. The fraction of sp³-hybridized carbons (Fsp3) is 0.647. The Morgan fingerprint density at radius 2 is 1.84 bits per heavy atom. The SMILES string of the molecule is CNCCc1ccc(CN2CCCCCC2C)cc1. The molecule has 2 nitrogen and oxygen atoms in total. The molecule has 0 aromatic heterocycles. The van der Waals surface area contributed by atoms with Crippen LogP contribution in [0.15, 0.2) is 24.3 Å². The normalized spacial score (nSPS) is 21.3. The lowest BCUT2D eigenvalue weighted by atomic mass is 10.1. The number of likely N-dealkylation sites (tertiary alicyclic amines) is 1. The first-order chi connectivity index (χ1) is 9.29. The predicted octanol–water partition coefficient (Wildman–Crippen LogP) is 3.21. The maximum absolute atomic E-state index is 3.20. The van der Waals surface area contributed by atoms with E-state index in [0.29, 0.717) is 0 Å². The average Bonchev–Trinajstić information content (AvgIpc) is 2.63. The highest BCUT2D eigenvalue weighted by atomic mass is 15.1. The van der Waals surface area contributed by atoms with E-state index in [-0.39, 0.29) is 0 Å². The van der Waals surface area contributed by atoms with E-state index in [9.17, 15) is 0 Å². The number of nitrogens with zero attached hydrogens (tertiary/aromatic N) is 1. The van der Waals surface area contributed by atoms with Gasteiger partial charge in [0.15, 0.2) is 0 Å². The monoisotopic (exact) mass is 260 g/mol. The van der Waals surface area contributed by atoms with Gasteiger partial charge in [0.1, 0.15) is 0 Å². The number of rotatable bonds is 5. The Bertz CT molecular complexity index is 358. The van der Waals surface area contributed by atoms with Gasteiger partial charge < -0.3 is 5.32 Å². The van der Waals surface area contributed by atoms with Crippen molar-refractivity contribution in [3.8, 4) is 0 Å². The van der Waals surface area contributed by atoms with Crippen molar-refractivity contribution in [1.29, 1.82) is 0 Å². The van der Waals surface area contributed by atoms with E-state index in [2.05, 4.69) is 41.4 Å². The summed E-state index contributed by atoms with van der Waals surface area (Å²) in [5.74, 6) is 0. The van der Waals surface area contributed by atoms with E-state index >= 15 is 0 Å². The first-order valence-electron chi connectivity index (χ1n) is 7.76. The Labute approximate surface area is 118 Å². The molecule has 0 radical (unpaired) electrons. The van der Waals surface area contributed by atoms with Crippen molar-refractivity contribution >= 4 is 0 Å². The lowest BCUT2D eigenvalue weighted by molar-refractivity contribution is 0.205. The number of nitrogens with one attached hydrogen (secondary N) is 1. The number of hydrogen-bond acceptors (Lipinski definition) is 2. The minimum Gasteiger partial charge on any atom is -0.319 e. The van der Waals surface area contributed by atoms with Crippen LogP contribution < -0.4 is 5.32 Å². The van der Waals surface area contributed by atoms with Crippen LogP contribution in [0, 0.1) is 0 Å². The van der Waals surface area contributed by atoms with Gasteiger partial charge in [-0.05, 0) is 57.5 Å². The van der Waals surface area contributed by atoms with E-state index in [4.69, 9.17) is 0 Å². The van der Waals surface area contributed by atoms with Crippen molar-refractivity contribution in [3.63, 3.8) is 0 Å². The second-order valence-electron chi connectivity index (χ2n) is 5.84. The minimum atomic E-state index is 0.742. The van der Waals surface area contributed by atoms with Crippen molar-refractivity contribution in [2.75, 3.05) is 20.1 Å². The molecule has 0 amide bonds. The summed E-state index contributed by atoms with van der Waals surface area (Å²) >= 11 is 0. The lowest BCUT2D eigenvalue weighted by Gasteiger charge is -2.27. The fourth-order valence-electron chi connectivity index (χ4n) is 2.88. The van der Waals surface area contributed by atoms with Gasteiger partial charge in [-0.3, -0.25) is 4.90 Å². The number of hydrogen-bond donors (Lipinski definition) is 1. The van der Waals surface area contributed by atoms with Gasteiger partial charge >= 0.3 is 0 Å². The molecule has 1 aliphatic heterocycles. The maximum Gasteiger partial charge on any atom is 0.0236 e. The zero-order valence-corrected chi connectivity index (χ0v) is 12.5. The molecule has 2 rings (SSSR count). The van der Waals surface area contributed by atoms with E-state index < -0.39 is 0 Å². The fourth-order valence-corrected chi connectivity index (χ4v) is 2.88. The molecular weight excluding hydrogens is 232 g/mol. The number of benzene rings is 1. The summed E-state index contributed by atoms with van der Waals surface area (Å²) in [6.07, 6.45) is 6.66. The molecular formula is C17H28N2. The van der Waals surface area contributed by atoms with Gasteiger partial charge in [-0.25, -0.2) is 0 Å². The Balaban J connectivity index is 1.90. The van der Waals surface area contributed by atoms with Gasteiger partial charge in [-0.2, -0.15) is 0 Å². The summed E-state index contributed by atoms with van der Waals surface area (Å²) in [6, 6.07) is 9.93. The molecule has 1 aliphatic rings. The lowest BCUT2D eigenvalue weighted by Crippen LogP contribution is -2.31. The Morgan fingerprint density at radius 3 is 2.58 bits per heavy atom. The van der Waals surface area contributed by atoms with Crippen LogP contribution in [0.3, 0.4) is 0 Å². The van der Waals surface area contributed by atoms with Crippen molar-refractivity contribution in [3.05, 3.63) is 35.4 Å². The molecule has 0 aliphatic carbocycles. The second-order valence-corrected chi connectivity index (χ2v) is 5.84. The molecule has 1 atom stereocenters. The Kier molecular flexibility index (Phi) is 5.87. The molecule has 0 saturated carbocycles. The second kappa shape index (κ2) is 7.66. The minimum absolute atomic E-state index is 0.742. The van der Waals surface area contributed by atoms with Crippen LogP contribution in [0.1, 0.15) is 43.7 Å². The third kappa shape index (κ3) is 4.63. The molecule has 1 fully saturated rings.